The summed E-state index contributed by atoms with van der Waals surface area (Å²) in [6.07, 6.45) is 1.07. The fourth-order valence-corrected chi connectivity index (χ4v) is 7.28. The van der Waals surface area contributed by atoms with Crippen molar-refractivity contribution >= 4 is 27.3 Å². The second-order valence-electron chi connectivity index (χ2n) is 10.7. The molecule has 2 atom stereocenters. The Kier molecular flexibility index (Phi) is 6.44. The fourth-order valence-electron chi connectivity index (χ4n) is 5.65. The third-order valence-corrected chi connectivity index (χ3v) is 9.29. The van der Waals surface area contributed by atoms with Gasteiger partial charge in [-0.3, -0.25) is 9.59 Å². The largest absolute Gasteiger partial charge is 0.338 e. The molecule has 3 aromatic rings. The predicted molar refractivity (Wildman–Crippen MR) is 144 cm³/mol. The van der Waals surface area contributed by atoms with Crippen molar-refractivity contribution in [2.75, 3.05) is 18.0 Å². The van der Waals surface area contributed by atoms with Gasteiger partial charge in [0.15, 0.2) is 0 Å². The van der Waals surface area contributed by atoms with Gasteiger partial charge in [-0.15, -0.1) is 0 Å². The maximum absolute atomic E-state index is 13.9. The van der Waals surface area contributed by atoms with Gasteiger partial charge in [0, 0.05) is 18.7 Å². The molecule has 1 fully saturated rings. The van der Waals surface area contributed by atoms with Crippen LogP contribution in [0, 0.1) is 25.7 Å². The summed E-state index contributed by atoms with van der Waals surface area (Å²) >= 11 is 0. The van der Waals surface area contributed by atoms with E-state index in [2.05, 4.69) is 13.8 Å². The molecule has 3 aromatic carbocycles. The number of piperidine rings is 1. The lowest BCUT2D eigenvalue weighted by Gasteiger charge is -2.35. The molecule has 0 saturated carbocycles. The third kappa shape index (κ3) is 4.57. The minimum Gasteiger partial charge on any atom is -0.338 e. The number of likely N-dealkylation sites (tertiary alicyclic amines) is 1. The molecule has 0 aliphatic carbocycles. The molecular formula is C30H32N2O4S. The summed E-state index contributed by atoms with van der Waals surface area (Å²) < 4.78 is 27.5. The first-order valence-corrected chi connectivity index (χ1v) is 14.2. The maximum Gasteiger partial charge on any atom is 0.259 e. The van der Waals surface area contributed by atoms with E-state index in [1.807, 2.05) is 36.9 Å². The lowest BCUT2D eigenvalue weighted by molar-refractivity contribution is 0.0623. The lowest BCUT2D eigenvalue weighted by atomic mass is 9.91. The van der Waals surface area contributed by atoms with Crippen LogP contribution in [0.4, 0.5) is 5.69 Å². The van der Waals surface area contributed by atoms with Crippen LogP contribution in [0.3, 0.4) is 0 Å². The molecule has 5 rings (SSSR count). The Morgan fingerprint density at radius 2 is 1.62 bits per heavy atom. The normalized spacial score (nSPS) is 20.7. The first-order chi connectivity index (χ1) is 17.6. The van der Waals surface area contributed by atoms with Crippen LogP contribution in [-0.2, 0) is 16.4 Å². The zero-order valence-corrected chi connectivity index (χ0v) is 22.5. The smallest absolute Gasteiger partial charge is 0.259 e. The molecule has 6 nitrogen and oxygen atoms in total. The van der Waals surface area contributed by atoms with E-state index in [0.29, 0.717) is 30.5 Å². The van der Waals surface area contributed by atoms with Gasteiger partial charge in [-0.2, -0.15) is 0 Å². The molecule has 2 amide bonds. The Hall–Kier alpha value is -3.45. The number of nitrogens with zero attached hydrogens (tertiary/aromatic N) is 2. The Bertz CT molecular complexity index is 1500. The van der Waals surface area contributed by atoms with Crippen molar-refractivity contribution in [3.63, 3.8) is 0 Å². The van der Waals surface area contributed by atoms with Gasteiger partial charge >= 0.3 is 0 Å². The van der Waals surface area contributed by atoms with Gasteiger partial charge in [0.2, 0.25) is 9.84 Å². The number of hydrogen-bond acceptors (Lipinski definition) is 4. The van der Waals surface area contributed by atoms with E-state index in [0.717, 1.165) is 23.1 Å². The molecule has 0 N–H and O–H groups in total. The summed E-state index contributed by atoms with van der Waals surface area (Å²) in [7, 11) is -3.99. The molecule has 2 aliphatic heterocycles. The zero-order chi connectivity index (χ0) is 26.5. The molecule has 2 aliphatic rings. The first kappa shape index (κ1) is 25.2. The molecule has 0 unspecified atom stereocenters. The number of carbonyl (C=O) groups is 2. The highest BCUT2D eigenvalue weighted by Crippen LogP contribution is 2.39. The summed E-state index contributed by atoms with van der Waals surface area (Å²) in [5, 5.41) is 0. The molecule has 0 spiro atoms. The third-order valence-electron chi connectivity index (χ3n) is 7.43. The van der Waals surface area contributed by atoms with Crippen LogP contribution in [-0.4, -0.2) is 38.2 Å². The van der Waals surface area contributed by atoms with Gasteiger partial charge in [-0.05, 0) is 73.6 Å². The summed E-state index contributed by atoms with van der Waals surface area (Å²) in [6.45, 7) is 9.76. The Morgan fingerprint density at radius 1 is 0.919 bits per heavy atom. The number of carbonyl (C=O) groups excluding carboxylic acids is 2. The van der Waals surface area contributed by atoms with Gasteiger partial charge < -0.3 is 9.80 Å². The Labute approximate surface area is 218 Å². The molecule has 0 radical (unpaired) electrons. The highest BCUT2D eigenvalue weighted by atomic mass is 32.2. The van der Waals surface area contributed by atoms with E-state index in [4.69, 9.17) is 0 Å². The summed E-state index contributed by atoms with van der Waals surface area (Å²) in [5.41, 5.74) is 3.74. The highest BCUT2D eigenvalue weighted by Gasteiger charge is 2.37. The molecular weight excluding hydrogens is 484 g/mol. The number of anilines is 1. The van der Waals surface area contributed by atoms with Gasteiger partial charge in [0.1, 0.15) is 0 Å². The Morgan fingerprint density at radius 3 is 2.35 bits per heavy atom. The van der Waals surface area contributed by atoms with E-state index in [-0.39, 0.29) is 33.5 Å². The molecule has 7 heteroatoms. The van der Waals surface area contributed by atoms with Crippen LogP contribution >= 0.6 is 0 Å². The van der Waals surface area contributed by atoms with Crippen LogP contribution in [0.5, 0.6) is 0 Å². The summed E-state index contributed by atoms with van der Waals surface area (Å²) in [4.78, 5) is 30.9. The zero-order valence-electron chi connectivity index (χ0n) is 21.7. The number of fused-ring (bicyclic) bond motifs is 2. The standard InChI is InChI=1S/C30H32N2O4S/c1-19-9-10-22(4)24(14-19)18-32-26-15-23(29(33)31-16-20(2)13-21(3)17-31)11-12-28(26)37(35,36)27-8-6-5-7-25(27)30(32)34/h5-12,14-15,20-21H,13,16-18H2,1-4H3/t20-,21+. The first-order valence-electron chi connectivity index (χ1n) is 12.7. The van der Waals surface area contributed by atoms with Crippen LogP contribution in [0.1, 0.15) is 57.7 Å². The maximum atomic E-state index is 13.9. The molecule has 0 bridgehead atoms. The second kappa shape index (κ2) is 9.45. The minimum atomic E-state index is -3.99. The number of aryl methyl sites for hydroxylation is 2. The molecule has 1 saturated heterocycles. The number of amides is 2. The molecule has 0 aromatic heterocycles. The van der Waals surface area contributed by atoms with Gasteiger partial charge in [-0.1, -0.05) is 49.7 Å². The van der Waals surface area contributed by atoms with E-state index < -0.39 is 15.7 Å². The molecule has 2 heterocycles. The summed E-state index contributed by atoms with van der Waals surface area (Å²) in [6, 6.07) is 17.0. The van der Waals surface area contributed by atoms with Gasteiger partial charge in [0.05, 0.1) is 27.6 Å². The van der Waals surface area contributed by atoms with Crippen LogP contribution in [0.25, 0.3) is 0 Å². The quantitative estimate of drug-likeness (QED) is 0.466. The van der Waals surface area contributed by atoms with Gasteiger partial charge in [0.25, 0.3) is 11.8 Å². The number of hydrogen-bond donors (Lipinski definition) is 0. The average molecular weight is 517 g/mol. The van der Waals surface area contributed by atoms with Crippen molar-refractivity contribution in [2.45, 2.75) is 50.5 Å². The van der Waals surface area contributed by atoms with Crippen molar-refractivity contribution in [3.05, 3.63) is 88.5 Å². The topological polar surface area (TPSA) is 74.8 Å². The van der Waals surface area contributed by atoms with E-state index in [1.54, 1.807) is 30.3 Å². The fraction of sp³-hybridized carbons (Fsp3) is 0.333. The lowest BCUT2D eigenvalue weighted by Crippen LogP contribution is -2.42. The Balaban J connectivity index is 1.67. The minimum absolute atomic E-state index is 0.0116. The number of sulfone groups is 1. The van der Waals surface area contributed by atoms with Crippen LogP contribution in [0.2, 0.25) is 0 Å². The SMILES string of the molecule is Cc1ccc(C)c(CN2C(=O)c3ccccc3S(=O)(=O)c3ccc(C(=O)N4C[C@H](C)C[C@H](C)C4)cc32)c1. The van der Waals surface area contributed by atoms with Crippen molar-refractivity contribution in [1.29, 1.82) is 0 Å². The van der Waals surface area contributed by atoms with E-state index >= 15 is 0 Å². The number of rotatable bonds is 3. The number of benzene rings is 3. The van der Waals surface area contributed by atoms with Crippen molar-refractivity contribution in [3.8, 4) is 0 Å². The molecule has 192 valence electrons. The van der Waals surface area contributed by atoms with Crippen molar-refractivity contribution < 1.29 is 18.0 Å². The highest BCUT2D eigenvalue weighted by molar-refractivity contribution is 7.91. The van der Waals surface area contributed by atoms with Crippen molar-refractivity contribution in [2.24, 2.45) is 11.8 Å². The average Bonchev–Trinajstić information content (AvgIpc) is 2.93. The molecule has 37 heavy (non-hydrogen) atoms. The van der Waals surface area contributed by atoms with E-state index in [1.165, 1.54) is 17.0 Å². The van der Waals surface area contributed by atoms with Crippen molar-refractivity contribution in [1.82, 2.24) is 4.90 Å². The predicted octanol–water partition coefficient (Wildman–Crippen LogP) is 5.41. The van der Waals surface area contributed by atoms with Crippen LogP contribution < -0.4 is 4.90 Å². The second-order valence-corrected chi connectivity index (χ2v) is 12.5. The summed E-state index contributed by atoms with van der Waals surface area (Å²) in [5.74, 6) is 0.250. The van der Waals surface area contributed by atoms with E-state index in [9.17, 15) is 18.0 Å². The monoisotopic (exact) mass is 516 g/mol. The van der Waals surface area contributed by atoms with Gasteiger partial charge in [-0.25, -0.2) is 8.42 Å². The van der Waals surface area contributed by atoms with Crippen LogP contribution in [0.15, 0.2) is 70.5 Å².